The van der Waals surface area contributed by atoms with E-state index in [2.05, 4.69) is 9.47 Å². The average Bonchev–Trinajstić information content (AvgIpc) is 2.75. The normalized spacial score (nSPS) is 31.6. The number of aldehydes is 2. The molecule has 0 aromatic heterocycles. The molecule has 6 heteroatoms. The molecule has 1 saturated carbocycles. The Labute approximate surface area is 98.3 Å². The molecule has 4 atom stereocenters. The van der Waals surface area contributed by atoms with Crippen LogP contribution in [-0.4, -0.2) is 38.7 Å². The van der Waals surface area contributed by atoms with Crippen LogP contribution in [0.3, 0.4) is 0 Å². The van der Waals surface area contributed by atoms with E-state index in [1.54, 1.807) is 0 Å². The molecule has 0 saturated heterocycles. The summed E-state index contributed by atoms with van der Waals surface area (Å²) in [4.78, 5) is 44.9. The summed E-state index contributed by atoms with van der Waals surface area (Å²) in [7, 11) is 2.35. The van der Waals surface area contributed by atoms with Gasteiger partial charge in [-0.2, -0.15) is 0 Å². The largest absolute Gasteiger partial charge is 0.469 e. The van der Waals surface area contributed by atoms with Crippen LogP contribution in [0.5, 0.6) is 0 Å². The lowest BCUT2D eigenvalue weighted by molar-refractivity contribution is -0.159. The van der Waals surface area contributed by atoms with Crippen LogP contribution >= 0.6 is 0 Å². The molecule has 17 heavy (non-hydrogen) atoms. The fraction of sp³-hybridized carbons (Fsp3) is 0.636. The number of carbonyl (C=O) groups is 4. The van der Waals surface area contributed by atoms with Gasteiger partial charge in [0.15, 0.2) is 0 Å². The summed E-state index contributed by atoms with van der Waals surface area (Å²) in [6.45, 7) is 0. The molecule has 0 unspecified atom stereocenters. The molecule has 0 spiro atoms. The molecular weight excluding hydrogens is 228 g/mol. The summed E-state index contributed by atoms with van der Waals surface area (Å²) in [6, 6.07) is 0. The van der Waals surface area contributed by atoms with Gasteiger partial charge in [-0.25, -0.2) is 0 Å². The zero-order valence-electron chi connectivity index (χ0n) is 9.62. The van der Waals surface area contributed by atoms with Crippen LogP contribution in [0.25, 0.3) is 0 Å². The smallest absolute Gasteiger partial charge is 0.310 e. The van der Waals surface area contributed by atoms with Crippen LogP contribution in [-0.2, 0) is 28.7 Å². The molecule has 6 nitrogen and oxygen atoms in total. The van der Waals surface area contributed by atoms with Crippen molar-refractivity contribution in [2.75, 3.05) is 14.2 Å². The molecule has 0 aromatic carbocycles. The second-order valence-corrected chi connectivity index (χ2v) is 3.93. The van der Waals surface area contributed by atoms with Gasteiger partial charge in [-0.1, -0.05) is 0 Å². The van der Waals surface area contributed by atoms with Crippen LogP contribution in [0.2, 0.25) is 0 Å². The molecule has 0 heterocycles. The molecule has 1 rings (SSSR count). The molecule has 1 aliphatic carbocycles. The van der Waals surface area contributed by atoms with Crippen LogP contribution < -0.4 is 0 Å². The average molecular weight is 242 g/mol. The Morgan fingerprint density at radius 2 is 1.29 bits per heavy atom. The van der Waals surface area contributed by atoms with Gasteiger partial charge in [0.1, 0.15) is 12.6 Å². The molecule has 0 bridgehead atoms. The Morgan fingerprint density at radius 3 is 1.53 bits per heavy atom. The van der Waals surface area contributed by atoms with E-state index in [1.165, 1.54) is 14.2 Å². The molecule has 0 radical (unpaired) electrons. The SMILES string of the molecule is COC(=O)[C@@H]1[C@H](C(=O)OC)[C@H](C=O)C[C@@H]1C=O. The summed E-state index contributed by atoms with van der Waals surface area (Å²) < 4.78 is 9.12. The van der Waals surface area contributed by atoms with Crippen molar-refractivity contribution in [3.63, 3.8) is 0 Å². The Balaban J connectivity index is 3.07. The van der Waals surface area contributed by atoms with Gasteiger partial charge in [0.25, 0.3) is 0 Å². The topological polar surface area (TPSA) is 86.7 Å². The van der Waals surface area contributed by atoms with Crippen molar-refractivity contribution in [3.8, 4) is 0 Å². The number of rotatable bonds is 4. The van der Waals surface area contributed by atoms with Gasteiger partial charge in [0, 0.05) is 11.8 Å². The van der Waals surface area contributed by atoms with E-state index in [1.807, 2.05) is 0 Å². The van der Waals surface area contributed by atoms with Crippen LogP contribution in [0.1, 0.15) is 6.42 Å². The highest BCUT2D eigenvalue weighted by molar-refractivity contribution is 5.88. The van der Waals surface area contributed by atoms with Crippen LogP contribution in [0.15, 0.2) is 0 Å². The summed E-state index contributed by atoms with van der Waals surface area (Å²) in [5.41, 5.74) is 0. The summed E-state index contributed by atoms with van der Waals surface area (Å²) in [6.07, 6.45) is 1.34. The third-order valence-electron chi connectivity index (χ3n) is 3.15. The first-order chi connectivity index (χ1) is 8.10. The minimum atomic E-state index is -0.930. The lowest BCUT2D eigenvalue weighted by Crippen LogP contribution is -2.34. The molecule has 1 aliphatic rings. The maximum absolute atomic E-state index is 11.6. The maximum Gasteiger partial charge on any atom is 0.310 e. The van der Waals surface area contributed by atoms with E-state index in [0.717, 1.165) is 0 Å². The predicted octanol–water partition coefficient (Wildman–Crippen LogP) is -0.401. The number of esters is 2. The molecule has 0 aliphatic heterocycles. The highest BCUT2D eigenvalue weighted by Crippen LogP contribution is 2.41. The van der Waals surface area contributed by atoms with E-state index < -0.39 is 35.6 Å². The minimum Gasteiger partial charge on any atom is -0.469 e. The van der Waals surface area contributed by atoms with E-state index >= 15 is 0 Å². The van der Waals surface area contributed by atoms with Crippen molar-refractivity contribution >= 4 is 24.5 Å². The first kappa shape index (κ1) is 13.3. The van der Waals surface area contributed by atoms with Crippen LogP contribution in [0, 0.1) is 23.7 Å². The Morgan fingerprint density at radius 1 is 0.941 bits per heavy atom. The van der Waals surface area contributed by atoms with E-state index in [4.69, 9.17) is 0 Å². The first-order valence-electron chi connectivity index (χ1n) is 5.16. The zero-order chi connectivity index (χ0) is 13.0. The second-order valence-electron chi connectivity index (χ2n) is 3.93. The van der Waals surface area contributed by atoms with Gasteiger partial charge in [0.05, 0.1) is 26.1 Å². The second kappa shape index (κ2) is 5.56. The third-order valence-corrected chi connectivity index (χ3v) is 3.15. The van der Waals surface area contributed by atoms with Gasteiger partial charge < -0.3 is 19.1 Å². The molecule has 94 valence electrons. The third kappa shape index (κ3) is 2.35. The van der Waals surface area contributed by atoms with E-state index in [-0.39, 0.29) is 6.42 Å². The van der Waals surface area contributed by atoms with Crippen molar-refractivity contribution in [3.05, 3.63) is 0 Å². The highest BCUT2D eigenvalue weighted by Gasteiger charge is 2.51. The quantitative estimate of drug-likeness (QED) is 0.492. The lowest BCUT2D eigenvalue weighted by Gasteiger charge is -2.19. The molecule has 0 amide bonds. The fourth-order valence-corrected chi connectivity index (χ4v) is 2.34. The Kier molecular flexibility index (Phi) is 4.37. The van der Waals surface area contributed by atoms with Gasteiger partial charge in [0.2, 0.25) is 0 Å². The van der Waals surface area contributed by atoms with Gasteiger partial charge in [-0.05, 0) is 6.42 Å². The number of hydrogen-bond donors (Lipinski definition) is 0. The molecule has 1 fully saturated rings. The monoisotopic (exact) mass is 242 g/mol. The fourth-order valence-electron chi connectivity index (χ4n) is 2.34. The van der Waals surface area contributed by atoms with Crippen molar-refractivity contribution in [2.24, 2.45) is 23.7 Å². The number of ether oxygens (including phenoxy) is 2. The Bertz CT molecular complexity index is 305. The first-order valence-corrected chi connectivity index (χ1v) is 5.16. The summed E-state index contributed by atoms with van der Waals surface area (Å²) in [5.74, 6) is -4.55. The zero-order valence-corrected chi connectivity index (χ0v) is 9.62. The molecular formula is C11H14O6. The van der Waals surface area contributed by atoms with Crippen molar-refractivity contribution in [1.82, 2.24) is 0 Å². The van der Waals surface area contributed by atoms with Gasteiger partial charge >= 0.3 is 11.9 Å². The summed E-state index contributed by atoms with van der Waals surface area (Å²) in [5, 5.41) is 0. The summed E-state index contributed by atoms with van der Waals surface area (Å²) >= 11 is 0. The Hall–Kier alpha value is -1.72. The van der Waals surface area contributed by atoms with Gasteiger partial charge in [-0.3, -0.25) is 9.59 Å². The minimum absolute atomic E-state index is 0.173. The number of methoxy groups -OCH3 is 2. The number of hydrogen-bond acceptors (Lipinski definition) is 6. The van der Waals surface area contributed by atoms with Crippen molar-refractivity contribution in [2.45, 2.75) is 6.42 Å². The van der Waals surface area contributed by atoms with E-state index in [0.29, 0.717) is 12.6 Å². The maximum atomic E-state index is 11.6. The van der Waals surface area contributed by atoms with Crippen molar-refractivity contribution < 1.29 is 28.7 Å². The van der Waals surface area contributed by atoms with E-state index in [9.17, 15) is 19.2 Å². The molecule has 0 N–H and O–H groups in total. The highest BCUT2D eigenvalue weighted by atomic mass is 16.5. The van der Waals surface area contributed by atoms with Crippen LogP contribution in [0.4, 0.5) is 0 Å². The van der Waals surface area contributed by atoms with Gasteiger partial charge in [-0.15, -0.1) is 0 Å². The standard InChI is InChI=1S/C11H14O6/c1-16-10(14)8-6(4-12)3-7(5-13)9(8)11(15)17-2/h4-9H,3H2,1-2H3/t6-,7+,8+,9-. The van der Waals surface area contributed by atoms with Crippen molar-refractivity contribution in [1.29, 1.82) is 0 Å². The predicted molar refractivity (Wildman–Crippen MR) is 54.7 cm³/mol. The molecule has 0 aromatic rings. The number of carbonyl (C=O) groups excluding carboxylic acids is 4. The lowest BCUT2D eigenvalue weighted by atomic mass is 9.87.